The minimum absolute atomic E-state index is 0.0290. The third-order valence-electron chi connectivity index (χ3n) is 4.02. The molecule has 0 aliphatic rings. The van der Waals surface area contributed by atoms with Crippen LogP contribution < -0.4 is 10.6 Å². The number of benzene rings is 2. The summed E-state index contributed by atoms with van der Waals surface area (Å²) in [6.07, 6.45) is 1.44. The average Bonchev–Trinajstić information content (AvgIpc) is 2.74. The molecule has 1 heterocycles. The van der Waals surface area contributed by atoms with Crippen molar-refractivity contribution in [3.63, 3.8) is 0 Å². The molecule has 1 aromatic heterocycles. The topological polar surface area (TPSA) is 110 Å². The van der Waals surface area contributed by atoms with Crippen LogP contribution in [-0.2, 0) is 4.74 Å². The van der Waals surface area contributed by atoms with Crippen molar-refractivity contribution in [1.82, 2.24) is 9.97 Å². The van der Waals surface area contributed by atoms with E-state index in [9.17, 15) is 14.4 Å². The smallest absolute Gasteiger partial charge is 0.339 e. The monoisotopic (exact) mass is 390 g/mol. The maximum Gasteiger partial charge on any atom is 0.339 e. The van der Waals surface area contributed by atoms with E-state index < -0.39 is 11.9 Å². The second-order valence-electron chi connectivity index (χ2n) is 6.02. The first-order valence-corrected chi connectivity index (χ1v) is 8.67. The van der Waals surface area contributed by atoms with Crippen LogP contribution in [0.25, 0.3) is 0 Å². The molecule has 0 fully saturated rings. The molecule has 2 aromatic carbocycles. The number of rotatable bonds is 6. The van der Waals surface area contributed by atoms with E-state index in [0.717, 1.165) is 0 Å². The van der Waals surface area contributed by atoms with Crippen molar-refractivity contribution >= 4 is 35.0 Å². The van der Waals surface area contributed by atoms with Gasteiger partial charge in [-0.2, -0.15) is 0 Å². The molecule has 3 aromatic rings. The van der Waals surface area contributed by atoms with E-state index >= 15 is 0 Å². The number of aromatic nitrogens is 2. The number of nitrogens with one attached hydrogen (secondary N) is 2. The molecule has 0 aliphatic carbocycles. The standard InChI is InChI=1S/C21H18N4O4/c1-13(26)14-7-9-15(10-8-14)23-21-22-12-11-18(25-21)19(27)24-17-6-4-3-5-16(17)20(28)29-2/h3-12H,1-2H3,(H,24,27)(H,22,23,25). The van der Waals surface area contributed by atoms with E-state index in [4.69, 9.17) is 4.74 Å². The van der Waals surface area contributed by atoms with Crippen molar-refractivity contribution in [2.24, 2.45) is 0 Å². The molecule has 0 bridgehead atoms. The van der Waals surface area contributed by atoms with Gasteiger partial charge >= 0.3 is 5.97 Å². The van der Waals surface area contributed by atoms with E-state index in [1.807, 2.05) is 0 Å². The number of methoxy groups -OCH3 is 1. The number of carbonyl (C=O) groups is 3. The first-order chi connectivity index (χ1) is 14.0. The van der Waals surface area contributed by atoms with Crippen molar-refractivity contribution in [2.45, 2.75) is 6.92 Å². The minimum Gasteiger partial charge on any atom is -0.465 e. The average molecular weight is 390 g/mol. The SMILES string of the molecule is COC(=O)c1ccccc1NC(=O)c1ccnc(Nc2ccc(C(C)=O)cc2)n1. The Morgan fingerprint density at radius 1 is 0.966 bits per heavy atom. The number of ketones is 1. The highest BCUT2D eigenvalue weighted by atomic mass is 16.5. The second-order valence-corrected chi connectivity index (χ2v) is 6.02. The van der Waals surface area contributed by atoms with E-state index in [-0.39, 0.29) is 23.0 Å². The number of amides is 1. The van der Waals surface area contributed by atoms with Crippen molar-refractivity contribution in [2.75, 3.05) is 17.7 Å². The molecule has 0 saturated carbocycles. The fourth-order valence-electron chi connectivity index (χ4n) is 2.53. The third-order valence-corrected chi connectivity index (χ3v) is 4.02. The Morgan fingerprint density at radius 3 is 2.38 bits per heavy atom. The number of hydrogen-bond donors (Lipinski definition) is 2. The molecule has 8 heteroatoms. The summed E-state index contributed by atoms with van der Waals surface area (Å²) >= 11 is 0. The van der Waals surface area contributed by atoms with Crippen LogP contribution in [0.1, 0.15) is 38.1 Å². The van der Waals surface area contributed by atoms with Gasteiger partial charge in [0.1, 0.15) is 5.69 Å². The normalized spacial score (nSPS) is 10.1. The van der Waals surface area contributed by atoms with Gasteiger partial charge in [-0.05, 0) is 49.4 Å². The van der Waals surface area contributed by atoms with Crippen LogP contribution in [-0.4, -0.2) is 34.7 Å². The van der Waals surface area contributed by atoms with Crippen LogP contribution in [0.4, 0.5) is 17.3 Å². The molecule has 1 amide bonds. The summed E-state index contributed by atoms with van der Waals surface area (Å²) < 4.78 is 4.73. The molecule has 0 spiro atoms. The lowest BCUT2D eigenvalue weighted by molar-refractivity contribution is 0.0601. The van der Waals surface area contributed by atoms with Gasteiger partial charge in [0.25, 0.3) is 5.91 Å². The minimum atomic E-state index is -0.556. The Morgan fingerprint density at radius 2 is 1.69 bits per heavy atom. The number of esters is 1. The molecule has 0 atom stereocenters. The van der Waals surface area contributed by atoms with Crippen LogP contribution in [0.5, 0.6) is 0 Å². The summed E-state index contributed by atoms with van der Waals surface area (Å²) in [6, 6.07) is 14.8. The van der Waals surface area contributed by atoms with Crippen LogP contribution in [0.3, 0.4) is 0 Å². The first kappa shape index (κ1) is 19.7. The number of carbonyl (C=O) groups excluding carboxylic acids is 3. The molecule has 29 heavy (non-hydrogen) atoms. The van der Waals surface area contributed by atoms with Crippen molar-refractivity contribution < 1.29 is 19.1 Å². The molecule has 146 valence electrons. The molecule has 0 aliphatic heterocycles. The lowest BCUT2D eigenvalue weighted by atomic mass is 10.1. The second kappa shape index (κ2) is 8.75. The van der Waals surface area contributed by atoms with E-state index in [2.05, 4.69) is 20.6 Å². The quantitative estimate of drug-likeness (QED) is 0.490. The van der Waals surface area contributed by atoms with Crippen LogP contribution in [0, 0.1) is 0 Å². The van der Waals surface area contributed by atoms with Crippen LogP contribution in [0.2, 0.25) is 0 Å². The van der Waals surface area contributed by atoms with Gasteiger partial charge in [0.15, 0.2) is 5.78 Å². The highest BCUT2D eigenvalue weighted by Gasteiger charge is 2.15. The molecule has 2 N–H and O–H groups in total. The summed E-state index contributed by atoms with van der Waals surface area (Å²) in [6.45, 7) is 1.49. The van der Waals surface area contributed by atoms with E-state index in [1.54, 1.807) is 48.5 Å². The number of Topliss-reactive ketones (excluding diaryl/α,β-unsaturated/α-hetero) is 1. The molecular weight excluding hydrogens is 372 g/mol. The Bertz CT molecular complexity index is 1060. The third kappa shape index (κ3) is 4.81. The zero-order valence-corrected chi connectivity index (χ0v) is 15.8. The van der Waals surface area contributed by atoms with E-state index in [0.29, 0.717) is 16.9 Å². The Kier molecular flexibility index (Phi) is 5.94. The summed E-state index contributed by atoms with van der Waals surface area (Å²) in [7, 11) is 1.27. The number of para-hydroxylation sites is 1. The van der Waals surface area contributed by atoms with Gasteiger partial charge in [0.05, 0.1) is 18.4 Å². The maximum absolute atomic E-state index is 12.6. The highest BCUT2D eigenvalue weighted by molar-refractivity contribution is 6.07. The predicted molar refractivity (Wildman–Crippen MR) is 107 cm³/mol. The lowest BCUT2D eigenvalue weighted by Crippen LogP contribution is -2.17. The number of nitrogens with zero attached hydrogens (tertiary/aromatic N) is 2. The predicted octanol–water partition coefficient (Wildman–Crippen LogP) is 3.46. The number of hydrogen-bond acceptors (Lipinski definition) is 7. The Labute approximate surface area is 167 Å². The zero-order chi connectivity index (χ0) is 20.8. The van der Waals surface area contributed by atoms with Crippen LogP contribution >= 0.6 is 0 Å². The molecule has 8 nitrogen and oxygen atoms in total. The Balaban J connectivity index is 1.76. The lowest BCUT2D eigenvalue weighted by Gasteiger charge is -2.10. The summed E-state index contributed by atoms with van der Waals surface area (Å²) in [5, 5.41) is 5.64. The fourth-order valence-corrected chi connectivity index (χ4v) is 2.53. The van der Waals surface area contributed by atoms with Gasteiger partial charge in [-0.3, -0.25) is 9.59 Å². The van der Waals surface area contributed by atoms with Crippen LogP contribution in [0.15, 0.2) is 60.8 Å². The maximum atomic E-state index is 12.6. The summed E-state index contributed by atoms with van der Waals surface area (Å²) in [5.74, 6) is -0.869. The van der Waals surface area contributed by atoms with Gasteiger partial charge in [-0.1, -0.05) is 12.1 Å². The van der Waals surface area contributed by atoms with Gasteiger partial charge in [0, 0.05) is 17.4 Å². The summed E-state index contributed by atoms with van der Waals surface area (Å²) in [4.78, 5) is 44.1. The molecule has 0 unspecified atom stereocenters. The van der Waals surface area contributed by atoms with Gasteiger partial charge in [0.2, 0.25) is 5.95 Å². The first-order valence-electron chi connectivity index (χ1n) is 8.67. The molecular formula is C21H18N4O4. The zero-order valence-electron chi connectivity index (χ0n) is 15.8. The van der Waals surface area contributed by atoms with Crippen molar-refractivity contribution in [3.8, 4) is 0 Å². The van der Waals surface area contributed by atoms with Crippen molar-refractivity contribution in [3.05, 3.63) is 77.6 Å². The Hall–Kier alpha value is -4.07. The highest BCUT2D eigenvalue weighted by Crippen LogP contribution is 2.18. The number of ether oxygens (including phenoxy) is 1. The summed E-state index contributed by atoms with van der Waals surface area (Å²) in [5.41, 5.74) is 1.93. The largest absolute Gasteiger partial charge is 0.465 e. The van der Waals surface area contributed by atoms with E-state index in [1.165, 1.54) is 26.3 Å². The molecule has 0 saturated heterocycles. The molecule has 3 rings (SSSR count). The fraction of sp³-hybridized carbons (Fsp3) is 0.0952. The van der Waals surface area contributed by atoms with Gasteiger partial charge < -0.3 is 15.4 Å². The van der Waals surface area contributed by atoms with Gasteiger partial charge in [-0.25, -0.2) is 14.8 Å². The molecule has 0 radical (unpaired) electrons. The van der Waals surface area contributed by atoms with Gasteiger partial charge in [-0.15, -0.1) is 0 Å². The van der Waals surface area contributed by atoms with Crippen molar-refractivity contribution in [1.29, 1.82) is 0 Å². The number of anilines is 3.